The lowest BCUT2D eigenvalue weighted by Gasteiger charge is -2.28. The molecule has 2 aromatic heterocycles. The van der Waals surface area contributed by atoms with E-state index in [1.165, 1.54) is 5.57 Å². The smallest absolute Gasteiger partial charge is 0.141 e. The van der Waals surface area contributed by atoms with E-state index in [0.717, 1.165) is 89.5 Å². The number of aryl methyl sites for hydroxylation is 2. The van der Waals surface area contributed by atoms with Crippen LogP contribution in [0.3, 0.4) is 0 Å². The fourth-order valence-corrected chi connectivity index (χ4v) is 5.76. The number of rotatable bonds is 8. The summed E-state index contributed by atoms with van der Waals surface area (Å²) in [6.45, 7) is 12.1. The first kappa shape index (κ1) is 27.2. The third-order valence-electron chi connectivity index (χ3n) is 7.66. The summed E-state index contributed by atoms with van der Waals surface area (Å²) < 4.78 is 17.7. The zero-order valence-corrected chi connectivity index (χ0v) is 23.8. The molecule has 8 nitrogen and oxygen atoms in total. The Morgan fingerprint density at radius 2 is 2.05 bits per heavy atom. The van der Waals surface area contributed by atoms with Gasteiger partial charge in [-0.05, 0) is 51.8 Å². The number of hydrogen-bond donors (Lipinski definition) is 2. The Morgan fingerprint density at radius 3 is 2.74 bits per heavy atom. The van der Waals surface area contributed by atoms with Crippen LogP contribution in [0.1, 0.15) is 44.6 Å². The third kappa shape index (κ3) is 5.54. The molecule has 1 aliphatic carbocycles. The number of ether oxygens (including phenoxy) is 2. The van der Waals surface area contributed by atoms with Gasteiger partial charge >= 0.3 is 0 Å². The Kier molecular flexibility index (Phi) is 8.53. The average Bonchev–Trinajstić information content (AvgIpc) is 3.69. The molecule has 1 aromatic carbocycles. The molecule has 3 aromatic rings. The largest absolute Gasteiger partial charge is 0.493 e. The van der Waals surface area contributed by atoms with Gasteiger partial charge in [0.2, 0.25) is 0 Å². The second-order valence-electron chi connectivity index (χ2n) is 10.3. The molecule has 6 rings (SSSR count). The predicted molar refractivity (Wildman–Crippen MR) is 158 cm³/mol. The zero-order valence-electron chi connectivity index (χ0n) is 23.8. The van der Waals surface area contributed by atoms with Gasteiger partial charge in [0.25, 0.3) is 0 Å². The third-order valence-corrected chi connectivity index (χ3v) is 7.66. The summed E-state index contributed by atoms with van der Waals surface area (Å²) >= 11 is 0. The minimum absolute atomic E-state index is 0.0374. The Balaban J connectivity index is 0.00000151. The number of benzene rings is 1. The van der Waals surface area contributed by atoms with E-state index in [1.807, 2.05) is 33.9 Å². The number of methoxy groups -OCH3 is 1. The Morgan fingerprint density at radius 1 is 1.18 bits per heavy atom. The van der Waals surface area contributed by atoms with Gasteiger partial charge in [-0.25, -0.2) is 0 Å². The van der Waals surface area contributed by atoms with E-state index in [0.29, 0.717) is 19.1 Å². The predicted octanol–water partition coefficient (Wildman–Crippen LogP) is 6.00. The highest BCUT2D eigenvalue weighted by Gasteiger charge is 2.32. The van der Waals surface area contributed by atoms with Crippen molar-refractivity contribution in [2.24, 2.45) is 5.92 Å². The molecule has 8 heteroatoms. The van der Waals surface area contributed by atoms with Crippen molar-refractivity contribution in [2.45, 2.75) is 53.1 Å². The first-order valence-electron chi connectivity index (χ1n) is 14.2. The Bertz CT molecular complexity index is 1340. The highest BCUT2D eigenvalue weighted by Crippen LogP contribution is 2.45. The van der Waals surface area contributed by atoms with E-state index in [-0.39, 0.29) is 6.17 Å². The summed E-state index contributed by atoms with van der Waals surface area (Å²) in [6, 6.07) is 4.30. The number of anilines is 2. The van der Waals surface area contributed by atoms with Crippen molar-refractivity contribution in [1.29, 1.82) is 0 Å². The zero-order chi connectivity index (χ0) is 27.4. The normalized spacial score (nSPS) is 19.9. The first-order chi connectivity index (χ1) is 19.1. The minimum Gasteiger partial charge on any atom is -0.493 e. The van der Waals surface area contributed by atoms with Crippen LogP contribution in [0.5, 0.6) is 5.75 Å². The standard InChI is InChI=1S/C29H35N5O3.C2H6/c1-18-28(19(2)37-33-18)23-11-24-22(12-26(23)36-16-21-9-10-30-13-21)29-25(14-31-24)32-27(17-35-3)34(29)15-20-7-5-4-6-8-20;1-2/h4-5,7,11-12,14,21,27,30,32H,6,8-10,13,15-17H2,1-3H3;1-2H3. The minimum atomic E-state index is 0.0374. The van der Waals surface area contributed by atoms with Crippen LogP contribution in [-0.2, 0) is 4.74 Å². The van der Waals surface area contributed by atoms with Crippen molar-refractivity contribution in [1.82, 2.24) is 15.5 Å². The van der Waals surface area contributed by atoms with Crippen molar-refractivity contribution >= 4 is 22.3 Å². The molecule has 1 fully saturated rings. The first-order valence-corrected chi connectivity index (χ1v) is 14.2. The quantitative estimate of drug-likeness (QED) is 0.366. The molecule has 208 valence electrons. The average molecular weight is 532 g/mol. The molecule has 0 amide bonds. The second-order valence-corrected chi connectivity index (χ2v) is 10.3. The molecule has 2 aliphatic heterocycles. The van der Waals surface area contributed by atoms with E-state index in [4.69, 9.17) is 19.0 Å². The number of allylic oxidation sites excluding steroid dienone is 3. The van der Waals surface area contributed by atoms with E-state index in [9.17, 15) is 0 Å². The molecule has 1 saturated heterocycles. The fraction of sp³-hybridized carbons (Fsp3) is 0.484. The van der Waals surface area contributed by atoms with E-state index in [2.05, 4.69) is 51.1 Å². The van der Waals surface area contributed by atoms with Crippen LogP contribution >= 0.6 is 0 Å². The summed E-state index contributed by atoms with van der Waals surface area (Å²) in [6.07, 6.45) is 11.9. The van der Waals surface area contributed by atoms with Gasteiger partial charge in [-0.1, -0.05) is 42.8 Å². The molecule has 3 aliphatic rings. The highest BCUT2D eigenvalue weighted by atomic mass is 16.5. The molecule has 39 heavy (non-hydrogen) atoms. The molecule has 2 unspecified atom stereocenters. The topological polar surface area (TPSA) is 84.7 Å². The van der Waals surface area contributed by atoms with Crippen molar-refractivity contribution in [3.05, 3.63) is 53.6 Å². The van der Waals surface area contributed by atoms with Crippen LogP contribution < -0.4 is 20.3 Å². The van der Waals surface area contributed by atoms with Gasteiger partial charge in [0.05, 0.1) is 47.6 Å². The lowest BCUT2D eigenvalue weighted by Crippen LogP contribution is -2.40. The van der Waals surface area contributed by atoms with E-state index < -0.39 is 0 Å². The van der Waals surface area contributed by atoms with Crippen molar-refractivity contribution in [2.75, 3.05) is 50.2 Å². The molecule has 0 spiro atoms. The van der Waals surface area contributed by atoms with Gasteiger partial charge in [-0.15, -0.1) is 0 Å². The molecule has 0 saturated carbocycles. The molecule has 2 atom stereocenters. The van der Waals surface area contributed by atoms with Gasteiger partial charge in [0, 0.05) is 37.1 Å². The maximum Gasteiger partial charge on any atom is 0.141 e. The molecule has 4 heterocycles. The van der Waals surface area contributed by atoms with Crippen LogP contribution in [0, 0.1) is 19.8 Å². The summed E-state index contributed by atoms with van der Waals surface area (Å²) in [7, 11) is 1.75. The SMILES string of the molecule is CC.COCC1Nc2cnc3cc(-c4c(C)noc4C)c(OCC4CCNC4)cc3c2N1CC1=CC=CCC1. The van der Waals surface area contributed by atoms with Gasteiger partial charge in [0.1, 0.15) is 17.7 Å². The number of nitrogens with zero attached hydrogens (tertiary/aromatic N) is 3. The van der Waals surface area contributed by atoms with Gasteiger partial charge in [-0.2, -0.15) is 0 Å². The second kappa shape index (κ2) is 12.2. The van der Waals surface area contributed by atoms with Crippen LogP contribution in [0.2, 0.25) is 0 Å². The number of nitrogens with one attached hydrogen (secondary N) is 2. The molecular weight excluding hydrogens is 490 g/mol. The van der Waals surface area contributed by atoms with Gasteiger partial charge < -0.3 is 29.5 Å². The number of aromatic nitrogens is 2. The summed E-state index contributed by atoms with van der Waals surface area (Å²) in [4.78, 5) is 7.29. The lowest BCUT2D eigenvalue weighted by molar-refractivity contribution is 0.186. The number of hydrogen-bond acceptors (Lipinski definition) is 8. The van der Waals surface area contributed by atoms with Crippen molar-refractivity contribution < 1.29 is 14.0 Å². The number of fused-ring (bicyclic) bond motifs is 3. The maximum atomic E-state index is 6.56. The molecule has 0 bridgehead atoms. The van der Waals surface area contributed by atoms with E-state index in [1.54, 1.807) is 7.11 Å². The number of pyridine rings is 1. The Hall–Kier alpha value is -3.36. The van der Waals surface area contributed by atoms with Gasteiger partial charge in [-0.3, -0.25) is 4.98 Å². The highest BCUT2D eigenvalue weighted by molar-refractivity contribution is 6.03. The van der Waals surface area contributed by atoms with E-state index >= 15 is 0 Å². The van der Waals surface area contributed by atoms with Crippen LogP contribution in [-0.4, -0.2) is 56.3 Å². The molecule has 2 N–H and O–H groups in total. The summed E-state index contributed by atoms with van der Waals surface area (Å²) in [5, 5.41) is 12.4. The van der Waals surface area contributed by atoms with Crippen LogP contribution in [0.15, 0.2) is 46.7 Å². The van der Waals surface area contributed by atoms with Gasteiger partial charge in [0.15, 0.2) is 0 Å². The summed E-state index contributed by atoms with van der Waals surface area (Å²) in [5.41, 5.74) is 7.33. The fourth-order valence-electron chi connectivity index (χ4n) is 5.76. The monoisotopic (exact) mass is 531 g/mol. The van der Waals surface area contributed by atoms with Crippen molar-refractivity contribution in [3.63, 3.8) is 0 Å². The van der Waals surface area contributed by atoms with Crippen LogP contribution in [0.25, 0.3) is 22.0 Å². The lowest BCUT2D eigenvalue weighted by atomic mass is 9.99. The summed E-state index contributed by atoms with van der Waals surface area (Å²) in [5.74, 6) is 2.13. The molecular formula is C31H41N5O3. The van der Waals surface area contributed by atoms with Crippen molar-refractivity contribution in [3.8, 4) is 16.9 Å². The Labute approximate surface area is 231 Å². The maximum absolute atomic E-state index is 6.56. The molecule has 0 radical (unpaired) electrons. The van der Waals surface area contributed by atoms with Crippen LogP contribution in [0.4, 0.5) is 11.4 Å².